The van der Waals surface area contributed by atoms with E-state index in [0.29, 0.717) is 5.56 Å². The molecule has 0 unspecified atom stereocenters. The Hall–Kier alpha value is -0.680. The van der Waals surface area contributed by atoms with E-state index in [-0.39, 0.29) is 30.9 Å². The van der Waals surface area contributed by atoms with Crippen molar-refractivity contribution in [2.24, 2.45) is 0 Å². The summed E-state index contributed by atoms with van der Waals surface area (Å²) >= 11 is 0. The Kier molecular flexibility index (Phi) is 7.45. The van der Waals surface area contributed by atoms with E-state index in [4.69, 9.17) is 5.11 Å². The zero-order valence-electron chi connectivity index (χ0n) is 11.9. The number of aliphatic hydroxyl groups excluding tert-OH is 1. The van der Waals surface area contributed by atoms with Crippen LogP contribution in [0.25, 0.3) is 0 Å². The summed E-state index contributed by atoms with van der Waals surface area (Å²) in [6.07, 6.45) is 1.63. The maximum absolute atomic E-state index is 13.7. The van der Waals surface area contributed by atoms with Crippen molar-refractivity contribution in [3.8, 4) is 0 Å². The Morgan fingerprint density at radius 2 is 2.05 bits per heavy atom. The second-order valence-corrected chi connectivity index (χ2v) is 5.18. The monoisotopic (exact) mass is 302 g/mol. The van der Waals surface area contributed by atoms with Crippen LogP contribution >= 0.6 is 12.4 Å². The molecule has 2 N–H and O–H groups in total. The highest BCUT2D eigenvalue weighted by Gasteiger charge is 2.22. The number of aliphatic hydroxyl groups is 1. The fourth-order valence-electron chi connectivity index (χ4n) is 2.65. The average Bonchev–Trinajstić information content (AvgIpc) is 2.44. The number of aryl methyl sites for hydroxylation is 1. The molecule has 1 aliphatic rings. The van der Waals surface area contributed by atoms with Gasteiger partial charge in [0.2, 0.25) is 0 Å². The molecule has 0 saturated carbocycles. The molecular weight excluding hydrogens is 279 g/mol. The largest absolute Gasteiger partial charge is 0.396 e. The highest BCUT2D eigenvalue weighted by molar-refractivity contribution is 5.85. The van der Waals surface area contributed by atoms with E-state index in [1.165, 1.54) is 0 Å². The van der Waals surface area contributed by atoms with Gasteiger partial charge in [0, 0.05) is 38.8 Å². The molecule has 0 spiro atoms. The van der Waals surface area contributed by atoms with Gasteiger partial charge in [-0.05, 0) is 37.0 Å². The van der Waals surface area contributed by atoms with Crippen molar-refractivity contribution >= 4 is 12.4 Å². The lowest BCUT2D eigenvalue weighted by atomic mass is 9.98. The summed E-state index contributed by atoms with van der Waals surface area (Å²) in [6, 6.07) is 5.73. The van der Waals surface area contributed by atoms with E-state index in [2.05, 4.69) is 10.2 Å². The SMILES string of the molecule is Cc1ccc([C@@H](CCCO)N2CCNCC2)cc1F.Cl. The topological polar surface area (TPSA) is 35.5 Å². The number of nitrogens with one attached hydrogen (secondary N) is 1. The molecule has 5 heteroatoms. The zero-order chi connectivity index (χ0) is 13.7. The van der Waals surface area contributed by atoms with Gasteiger partial charge in [-0.15, -0.1) is 12.4 Å². The van der Waals surface area contributed by atoms with Gasteiger partial charge in [-0.25, -0.2) is 4.39 Å². The van der Waals surface area contributed by atoms with Gasteiger partial charge in [0.15, 0.2) is 0 Å². The minimum Gasteiger partial charge on any atom is -0.396 e. The summed E-state index contributed by atoms with van der Waals surface area (Å²) in [4.78, 5) is 2.39. The van der Waals surface area contributed by atoms with Crippen LogP contribution < -0.4 is 5.32 Å². The van der Waals surface area contributed by atoms with E-state index < -0.39 is 0 Å². The van der Waals surface area contributed by atoms with E-state index in [9.17, 15) is 4.39 Å². The van der Waals surface area contributed by atoms with Crippen molar-refractivity contribution in [1.82, 2.24) is 10.2 Å². The number of rotatable bonds is 5. The van der Waals surface area contributed by atoms with Gasteiger partial charge in [0.1, 0.15) is 5.82 Å². The summed E-state index contributed by atoms with van der Waals surface area (Å²) < 4.78 is 13.7. The average molecular weight is 303 g/mol. The van der Waals surface area contributed by atoms with Crippen LogP contribution in [0.4, 0.5) is 4.39 Å². The number of benzene rings is 1. The molecule has 0 radical (unpaired) electrons. The van der Waals surface area contributed by atoms with Gasteiger partial charge in [0.05, 0.1) is 0 Å². The van der Waals surface area contributed by atoms with E-state index in [1.807, 2.05) is 12.1 Å². The highest BCUT2D eigenvalue weighted by atomic mass is 35.5. The van der Waals surface area contributed by atoms with Gasteiger partial charge in [-0.2, -0.15) is 0 Å². The van der Waals surface area contributed by atoms with Crippen LogP contribution in [0.2, 0.25) is 0 Å². The molecule has 114 valence electrons. The van der Waals surface area contributed by atoms with Gasteiger partial charge in [0.25, 0.3) is 0 Å². The molecule has 1 saturated heterocycles. The molecule has 0 aromatic heterocycles. The van der Waals surface area contributed by atoms with Crippen molar-refractivity contribution in [2.45, 2.75) is 25.8 Å². The molecule has 1 aliphatic heterocycles. The predicted octanol–water partition coefficient (Wildman–Crippen LogP) is 2.27. The Bertz CT molecular complexity index is 411. The van der Waals surface area contributed by atoms with Crippen LogP contribution in [0.15, 0.2) is 18.2 Å². The summed E-state index contributed by atoms with van der Waals surface area (Å²) in [5.74, 6) is -0.137. The maximum atomic E-state index is 13.7. The maximum Gasteiger partial charge on any atom is 0.126 e. The van der Waals surface area contributed by atoms with Crippen LogP contribution in [-0.2, 0) is 0 Å². The lowest BCUT2D eigenvalue weighted by Crippen LogP contribution is -2.45. The third-order valence-electron chi connectivity index (χ3n) is 3.81. The third-order valence-corrected chi connectivity index (χ3v) is 3.81. The quantitative estimate of drug-likeness (QED) is 0.876. The van der Waals surface area contributed by atoms with Gasteiger partial charge >= 0.3 is 0 Å². The highest BCUT2D eigenvalue weighted by Crippen LogP contribution is 2.27. The number of halogens is 2. The standard InChI is InChI=1S/C15H23FN2O.ClH/c1-12-4-5-13(11-14(12)16)15(3-2-10-19)18-8-6-17-7-9-18;/h4-5,11,15,17,19H,2-3,6-10H2,1H3;1H/t15-;/m1./s1. The van der Waals surface area contributed by atoms with Crippen LogP contribution in [0.1, 0.15) is 30.0 Å². The Balaban J connectivity index is 0.00000200. The zero-order valence-corrected chi connectivity index (χ0v) is 12.8. The summed E-state index contributed by atoms with van der Waals surface area (Å²) in [5, 5.41) is 12.4. The van der Waals surface area contributed by atoms with Gasteiger partial charge < -0.3 is 10.4 Å². The summed E-state index contributed by atoms with van der Waals surface area (Å²) in [7, 11) is 0. The first kappa shape index (κ1) is 17.4. The van der Waals surface area contributed by atoms with Crippen LogP contribution in [0.3, 0.4) is 0 Å². The number of hydrogen-bond acceptors (Lipinski definition) is 3. The molecule has 0 bridgehead atoms. The Morgan fingerprint density at radius 1 is 1.35 bits per heavy atom. The number of hydrogen-bond donors (Lipinski definition) is 2. The fraction of sp³-hybridized carbons (Fsp3) is 0.600. The van der Waals surface area contributed by atoms with Crippen molar-refractivity contribution < 1.29 is 9.50 Å². The predicted molar refractivity (Wildman–Crippen MR) is 81.9 cm³/mol. The van der Waals surface area contributed by atoms with Crippen molar-refractivity contribution in [1.29, 1.82) is 0 Å². The molecule has 0 amide bonds. The van der Waals surface area contributed by atoms with Gasteiger partial charge in [-0.3, -0.25) is 4.90 Å². The minimum absolute atomic E-state index is 0. The minimum atomic E-state index is -0.137. The molecule has 1 aromatic carbocycles. The Labute approximate surface area is 126 Å². The number of piperazine rings is 1. The van der Waals surface area contributed by atoms with Crippen LogP contribution in [-0.4, -0.2) is 42.8 Å². The van der Waals surface area contributed by atoms with Crippen molar-refractivity contribution in [3.63, 3.8) is 0 Å². The summed E-state index contributed by atoms with van der Waals surface area (Å²) in [5.41, 5.74) is 1.71. The van der Waals surface area contributed by atoms with E-state index in [0.717, 1.165) is 44.6 Å². The second-order valence-electron chi connectivity index (χ2n) is 5.18. The van der Waals surface area contributed by atoms with Crippen molar-refractivity contribution in [2.75, 3.05) is 32.8 Å². The first-order chi connectivity index (χ1) is 9.22. The molecule has 0 aliphatic carbocycles. The van der Waals surface area contributed by atoms with E-state index >= 15 is 0 Å². The molecule has 1 fully saturated rings. The third kappa shape index (κ3) is 4.42. The van der Waals surface area contributed by atoms with Crippen molar-refractivity contribution in [3.05, 3.63) is 35.1 Å². The summed E-state index contributed by atoms with van der Waals surface area (Å²) in [6.45, 7) is 5.88. The van der Waals surface area contributed by atoms with Crippen LogP contribution in [0, 0.1) is 12.7 Å². The second kappa shape index (κ2) is 8.57. The lowest BCUT2D eigenvalue weighted by Gasteiger charge is -2.35. The van der Waals surface area contributed by atoms with E-state index in [1.54, 1.807) is 13.0 Å². The normalized spacial score (nSPS) is 17.6. The lowest BCUT2D eigenvalue weighted by molar-refractivity contribution is 0.154. The molecular formula is C15H24ClFN2O. The molecule has 1 atom stereocenters. The van der Waals surface area contributed by atoms with Gasteiger partial charge in [-0.1, -0.05) is 12.1 Å². The molecule has 3 nitrogen and oxygen atoms in total. The first-order valence-electron chi connectivity index (χ1n) is 7.04. The smallest absolute Gasteiger partial charge is 0.126 e. The van der Waals surface area contributed by atoms with Crippen LogP contribution in [0.5, 0.6) is 0 Å². The molecule has 20 heavy (non-hydrogen) atoms. The Morgan fingerprint density at radius 3 is 2.65 bits per heavy atom. The molecule has 1 aromatic rings. The first-order valence-corrected chi connectivity index (χ1v) is 7.04. The molecule has 1 heterocycles. The molecule has 2 rings (SSSR count). The number of nitrogens with zero attached hydrogens (tertiary/aromatic N) is 1. The fourth-order valence-corrected chi connectivity index (χ4v) is 2.65.